The lowest BCUT2D eigenvalue weighted by Gasteiger charge is -2.14. The summed E-state index contributed by atoms with van der Waals surface area (Å²) >= 11 is 5.72. The highest BCUT2D eigenvalue weighted by molar-refractivity contribution is 8.25. The van der Waals surface area contributed by atoms with Crippen LogP contribution in [-0.4, -0.2) is 26.8 Å². The van der Waals surface area contributed by atoms with Gasteiger partial charge in [-0.3, -0.25) is 0 Å². The number of methoxy groups -OCH3 is 2. The summed E-state index contributed by atoms with van der Waals surface area (Å²) in [6, 6.07) is 6.32. The maximum absolute atomic E-state index is 9.53. The van der Waals surface area contributed by atoms with Gasteiger partial charge in [0.1, 0.15) is 29.2 Å². The van der Waals surface area contributed by atoms with E-state index in [9.17, 15) is 15.8 Å². The van der Waals surface area contributed by atoms with Crippen LogP contribution in [0.15, 0.2) is 39.2 Å². The molecule has 0 aliphatic carbocycles. The number of hydrogen-bond donors (Lipinski definition) is 1. The Morgan fingerprint density at radius 1 is 0.852 bits per heavy atom. The van der Waals surface area contributed by atoms with Crippen molar-refractivity contribution in [2.24, 2.45) is 0 Å². The summed E-state index contributed by atoms with van der Waals surface area (Å²) in [5.41, 5.74) is 0.820. The van der Waals surface area contributed by atoms with E-state index in [-0.39, 0.29) is 11.6 Å². The van der Waals surface area contributed by atoms with Crippen LogP contribution in [0.5, 0.6) is 11.5 Å². The van der Waals surface area contributed by atoms with Crippen molar-refractivity contribution in [3.63, 3.8) is 0 Å². The van der Waals surface area contributed by atoms with Gasteiger partial charge in [-0.1, -0.05) is 47.0 Å². The molecule has 0 amide bonds. The molecule has 0 saturated carbocycles. The van der Waals surface area contributed by atoms with Gasteiger partial charge in [-0.2, -0.15) is 15.8 Å². The SMILES string of the molecule is COc1c2c(c(OC)c3c1SC(=C(C#N)[C@H]1CN1)S3)SC(=C(C#N)C#N)S2. The molecule has 3 aliphatic rings. The van der Waals surface area contributed by atoms with Crippen molar-refractivity contribution in [1.29, 1.82) is 15.8 Å². The van der Waals surface area contributed by atoms with E-state index in [1.165, 1.54) is 47.0 Å². The van der Waals surface area contributed by atoms with Gasteiger partial charge in [-0.25, -0.2) is 0 Å². The Kier molecular flexibility index (Phi) is 4.98. The lowest BCUT2D eigenvalue weighted by atomic mass is 10.2. The van der Waals surface area contributed by atoms with Crippen molar-refractivity contribution in [3.05, 3.63) is 19.6 Å². The molecule has 1 fully saturated rings. The van der Waals surface area contributed by atoms with Gasteiger partial charge in [0.15, 0.2) is 0 Å². The molecule has 3 aliphatic heterocycles. The quantitative estimate of drug-likeness (QED) is 0.556. The summed E-state index contributed by atoms with van der Waals surface area (Å²) in [4.78, 5) is 3.50. The van der Waals surface area contributed by atoms with Crippen LogP contribution in [0.25, 0.3) is 0 Å². The molecular formula is C17H10N4O2S4. The number of nitrogens with one attached hydrogen (secondary N) is 1. The van der Waals surface area contributed by atoms with E-state index >= 15 is 0 Å². The molecular weight excluding hydrogens is 420 g/mol. The third-order valence-electron chi connectivity index (χ3n) is 3.95. The molecule has 4 rings (SSSR count). The largest absolute Gasteiger partial charge is 0.494 e. The summed E-state index contributed by atoms with van der Waals surface area (Å²) in [5.74, 6) is 1.38. The molecule has 1 N–H and O–H groups in total. The number of allylic oxidation sites excluding steroid dienone is 1. The Hall–Kier alpha value is -1.87. The van der Waals surface area contributed by atoms with E-state index in [1.807, 2.05) is 12.1 Å². The van der Waals surface area contributed by atoms with Gasteiger partial charge >= 0.3 is 0 Å². The molecule has 1 aromatic carbocycles. The van der Waals surface area contributed by atoms with Crippen molar-refractivity contribution in [2.75, 3.05) is 20.8 Å². The number of ether oxygens (including phenoxy) is 2. The molecule has 27 heavy (non-hydrogen) atoms. The average Bonchev–Trinajstić information content (AvgIpc) is 3.27. The van der Waals surface area contributed by atoms with E-state index < -0.39 is 0 Å². The zero-order chi connectivity index (χ0) is 19.1. The van der Waals surface area contributed by atoms with Crippen molar-refractivity contribution in [2.45, 2.75) is 25.6 Å². The maximum atomic E-state index is 9.53. The van der Waals surface area contributed by atoms with E-state index in [2.05, 4.69) is 11.4 Å². The normalized spacial score (nSPS) is 18.7. The van der Waals surface area contributed by atoms with Crippen LogP contribution in [-0.2, 0) is 0 Å². The van der Waals surface area contributed by atoms with Crippen LogP contribution in [0, 0.1) is 34.0 Å². The fourth-order valence-electron chi connectivity index (χ4n) is 2.63. The number of rotatable bonds is 3. The van der Waals surface area contributed by atoms with Crippen molar-refractivity contribution in [3.8, 4) is 29.7 Å². The molecule has 1 atom stereocenters. The second-order valence-corrected chi connectivity index (χ2v) is 10.1. The molecule has 1 saturated heterocycles. The Balaban J connectivity index is 1.88. The topological polar surface area (TPSA) is 112 Å². The van der Waals surface area contributed by atoms with Gasteiger partial charge in [0.2, 0.25) is 0 Å². The Bertz CT molecular complexity index is 992. The fourth-order valence-corrected chi connectivity index (χ4v) is 8.17. The molecule has 0 unspecified atom stereocenters. The van der Waals surface area contributed by atoms with Gasteiger partial charge in [-0.15, -0.1) is 0 Å². The molecule has 0 radical (unpaired) electrons. The highest BCUT2D eigenvalue weighted by Gasteiger charge is 2.39. The molecule has 1 aromatic rings. The number of hydrogen-bond acceptors (Lipinski definition) is 10. The van der Waals surface area contributed by atoms with Crippen molar-refractivity contribution < 1.29 is 9.47 Å². The summed E-state index contributed by atoms with van der Waals surface area (Å²) in [5, 5.41) is 31.1. The summed E-state index contributed by atoms with van der Waals surface area (Å²) in [6.07, 6.45) is 0. The van der Waals surface area contributed by atoms with Crippen LogP contribution in [0.2, 0.25) is 0 Å². The second-order valence-electron chi connectivity index (χ2n) is 5.45. The van der Waals surface area contributed by atoms with Gasteiger partial charge < -0.3 is 14.8 Å². The second kappa shape index (κ2) is 7.27. The molecule has 0 bridgehead atoms. The van der Waals surface area contributed by atoms with Gasteiger partial charge in [0.05, 0.1) is 60.0 Å². The Labute approximate surface area is 172 Å². The molecule has 3 heterocycles. The highest BCUT2D eigenvalue weighted by atomic mass is 32.2. The summed E-state index contributed by atoms with van der Waals surface area (Å²) in [7, 11) is 3.21. The zero-order valence-electron chi connectivity index (χ0n) is 14.1. The van der Waals surface area contributed by atoms with E-state index in [0.29, 0.717) is 15.7 Å². The van der Waals surface area contributed by atoms with Gasteiger partial charge in [0, 0.05) is 6.54 Å². The summed E-state index contributed by atoms with van der Waals surface area (Å²) < 4.78 is 13.0. The van der Waals surface area contributed by atoms with Crippen molar-refractivity contribution >= 4 is 47.0 Å². The van der Waals surface area contributed by atoms with E-state index in [0.717, 1.165) is 35.9 Å². The van der Waals surface area contributed by atoms with Crippen LogP contribution >= 0.6 is 47.0 Å². The zero-order valence-corrected chi connectivity index (χ0v) is 17.3. The summed E-state index contributed by atoms with van der Waals surface area (Å²) in [6.45, 7) is 0.819. The third kappa shape index (κ3) is 2.97. The van der Waals surface area contributed by atoms with Crippen LogP contribution in [0.1, 0.15) is 0 Å². The number of nitriles is 3. The predicted molar refractivity (Wildman–Crippen MR) is 106 cm³/mol. The third-order valence-corrected chi connectivity index (χ3v) is 9.17. The first kappa shape index (κ1) is 18.5. The molecule has 6 nitrogen and oxygen atoms in total. The standard InChI is InChI=1S/C17H10N4O2S4/c1-22-10-12-13(25-16(24-12)7(3-18)4-19)11(23-2)15-14(10)26-17(27-15)8(5-20)9-6-21-9/h9,21H,6H2,1-2H3/t9-/m1/s1. The van der Waals surface area contributed by atoms with E-state index in [4.69, 9.17) is 9.47 Å². The predicted octanol–water partition coefficient (Wildman–Crippen LogP) is 4.07. The minimum absolute atomic E-state index is 0.0814. The number of nitrogens with zero attached hydrogens (tertiary/aromatic N) is 3. The van der Waals surface area contributed by atoms with Crippen LogP contribution in [0.4, 0.5) is 0 Å². The number of benzene rings is 1. The van der Waals surface area contributed by atoms with Gasteiger partial charge in [0.25, 0.3) is 0 Å². The van der Waals surface area contributed by atoms with Crippen LogP contribution in [0.3, 0.4) is 0 Å². The Morgan fingerprint density at radius 2 is 1.30 bits per heavy atom. The number of thioether (sulfide) groups is 4. The van der Waals surface area contributed by atoms with Crippen LogP contribution < -0.4 is 14.8 Å². The first-order valence-electron chi connectivity index (χ1n) is 7.62. The molecule has 134 valence electrons. The van der Waals surface area contributed by atoms with Gasteiger partial charge in [-0.05, 0) is 0 Å². The fraction of sp³-hybridized carbons (Fsp3) is 0.235. The first-order valence-corrected chi connectivity index (χ1v) is 10.9. The van der Waals surface area contributed by atoms with E-state index in [1.54, 1.807) is 14.2 Å². The smallest absolute Gasteiger partial charge is 0.150 e. The minimum Gasteiger partial charge on any atom is -0.494 e. The van der Waals surface area contributed by atoms with Crippen molar-refractivity contribution in [1.82, 2.24) is 5.32 Å². The first-order chi connectivity index (χ1) is 13.2. The number of fused-ring (bicyclic) bond motifs is 2. The minimum atomic E-state index is 0.0814. The lowest BCUT2D eigenvalue weighted by molar-refractivity contribution is 0.365. The monoisotopic (exact) mass is 430 g/mol. The highest BCUT2D eigenvalue weighted by Crippen LogP contribution is 2.68. The molecule has 0 aromatic heterocycles. The lowest BCUT2D eigenvalue weighted by Crippen LogP contribution is -1.95. The average molecular weight is 431 g/mol. The molecule has 10 heteroatoms. The molecule has 0 spiro atoms. The Morgan fingerprint density at radius 3 is 1.63 bits per heavy atom. The maximum Gasteiger partial charge on any atom is 0.150 e.